The smallest absolute Gasteiger partial charge is 0.412 e. The zero-order chi connectivity index (χ0) is 19.3. The quantitative estimate of drug-likeness (QED) is 0.765. The van der Waals surface area contributed by atoms with Crippen molar-refractivity contribution >= 4 is 34.7 Å². The van der Waals surface area contributed by atoms with Crippen molar-refractivity contribution < 1.29 is 27.8 Å². The fourth-order valence-corrected chi connectivity index (χ4v) is 2.62. The summed E-state index contributed by atoms with van der Waals surface area (Å²) >= 11 is 0.992. The van der Waals surface area contributed by atoms with Gasteiger partial charge in [0.05, 0.1) is 0 Å². The lowest BCUT2D eigenvalue weighted by Crippen LogP contribution is -2.27. The Morgan fingerprint density at radius 3 is 2.15 bits per heavy atom. The second kappa shape index (κ2) is 8.13. The Kier molecular flexibility index (Phi) is 6.14. The first kappa shape index (κ1) is 19.6. The highest BCUT2D eigenvalue weighted by Crippen LogP contribution is 2.27. The van der Waals surface area contributed by atoms with Crippen molar-refractivity contribution in [1.82, 2.24) is 0 Å². The van der Waals surface area contributed by atoms with Crippen molar-refractivity contribution in [1.29, 1.82) is 0 Å². The number of carbonyl (C=O) groups is 2. The first-order valence-corrected chi connectivity index (χ1v) is 8.46. The van der Waals surface area contributed by atoms with Crippen LogP contribution in [0.15, 0.2) is 35.7 Å². The van der Waals surface area contributed by atoms with Crippen LogP contribution in [0.1, 0.15) is 30.4 Å². The van der Waals surface area contributed by atoms with Crippen LogP contribution in [-0.2, 0) is 4.74 Å². The van der Waals surface area contributed by atoms with Gasteiger partial charge in [-0.2, -0.15) is 8.78 Å². The molecule has 0 bridgehead atoms. The summed E-state index contributed by atoms with van der Waals surface area (Å²) in [5.74, 6) is -0.741. The molecule has 9 heteroatoms. The molecule has 0 unspecified atom stereocenters. The molecule has 0 saturated carbocycles. The Labute approximate surface area is 153 Å². The Morgan fingerprint density at radius 1 is 1.04 bits per heavy atom. The molecule has 1 aromatic carbocycles. The van der Waals surface area contributed by atoms with Gasteiger partial charge in [-0.15, -0.1) is 11.3 Å². The number of rotatable bonds is 5. The third-order valence-electron chi connectivity index (χ3n) is 2.84. The van der Waals surface area contributed by atoms with Crippen molar-refractivity contribution in [2.45, 2.75) is 33.0 Å². The van der Waals surface area contributed by atoms with Crippen molar-refractivity contribution in [2.24, 2.45) is 0 Å². The van der Waals surface area contributed by atoms with Crippen molar-refractivity contribution in [3.05, 3.63) is 40.6 Å². The van der Waals surface area contributed by atoms with Gasteiger partial charge in [0.15, 0.2) is 0 Å². The molecule has 1 aromatic heterocycles. The maximum Gasteiger partial charge on any atom is 0.412 e. The second-order valence-corrected chi connectivity index (χ2v) is 7.07. The average molecular weight is 384 g/mol. The molecule has 0 radical (unpaired) electrons. The predicted molar refractivity (Wildman–Crippen MR) is 95.2 cm³/mol. The minimum absolute atomic E-state index is 0.0428. The Balaban J connectivity index is 1.98. The number of anilines is 2. The lowest BCUT2D eigenvalue weighted by Gasteiger charge is -2.19. The fraction of sp³-hybridized carbons (Fsp3) is 0.294. The summed E-state index contributed by atoms with van der Waals surface area (Å²) in [6.45, 7) is 2.25. The van der Waals surface area contributed by atoms with Crippen LogP contribution in [0.2, 0.25) is 0 Å². The molecule has 6 nitrogen and oxygen atoms in total. The van der Waals surface area contributed by atoms with Gasteiger partial charge in [0.1, 0.15) is 16.2 Å². The van der Waals surface area contributed by atoms with Crippen LogP contribution in [0, 0.1) is 0 Å². The SMILES string of the molecule is CC(C)(C)OC(=O)Nc1ccc(NC(=O)c2sccc2OC(F)F)cc1. The molecule has 0 aliphatic heterocycles. The van der Waals surface area contributed by atoms with Gasteiger partial charge in [-0.25, -0.2) is 4.79 Å². The van der Waals surface area contributed by atoms with E-state index in [4.69, 9.17) is 4.74 Å². The standard InChI is InChI=1S/C17H18F2N2O4S/c1-17(2,3)25-16(23)21-11-6-4-10(5-7-11)20-14(22)13-12(8-9-26-13)24-15(18)19/h4-9,15H,1-3H3,(H,20,22)(H,21,23). The summed E-state index contributed by atoms with van der Waals surface area (Å²) in [7, 11) is 0. The number of ether oxygens (including phenoxy) is 2. The molecule has 0 spiro atoms. The van der Waals surface area contributed by atoms with Crippen molar-refractivity contribution in [2.75, 3.05) is 10.6 Å². The van der Waals surface area contributed by atoms with Gasteiger partial charge < -0.3 is 14.8 Å². The Morgan fingerprint density at radius 2 is 1.62 bits per heavy atom. The average Bonchev–Trinajstić information content (AvgIpc) is 2.94. The number of amides is 2. The number of thiophene rings is 1. The number of halogens is 2. The van der Waals surface area contributed by atoms with E-state index in [1.165, 1.54) is 11.4 Å². The number of benzene rings is 1. The topological polar surface area (TPSA) is 76.7 Å². The lowest BCUT2D eigenvalue weighted by atomic mass is 10.2. The third kappa shape index (κ3) is 5.99. The zero-order valence-electron chi connectivity index (χ0n) is 14.3. The maximum atomic E-state index is 12.3. The summed E-state index contributed by atoms with van der Waals surface area (Å²) in [6.07, 6.45) is -0.596. The third-order valence-corrected chi connectivity index (χ3v) is 3.73. The van der Waals surface area contributed by atoms with E-state index in [0.717, 1.165) is 11.3 Å². The summed E-state index contributed by atoms with van der Waals surface area (Å²) in [6, 6.07) is 7.58. The highest BCUT2D eigenvalue weighted by molar-refractivity contribution is 7.12. The van der Waals surface area contributed by atoms with Gasteiger partial charge >= 0.3 is 12.7 Å². The molecule has 0 fully saturated rings. The van der Waals surface area contributed by atoms with Crippen LogP contribution in [0.4, 0.5) is 25.0 Å². The van der Waals surface area contributed by atoms with Gasteiger partial charge in [0, 0.05) is 11.4 Å². The predicted octanol–water partition coefficient (Wildman–Crippen LogP) is 4.95. The van der Waals surface area contributed by atoms with Crippen LogP contribution in [0.5, 0.6) is 5.75 Å². The van der Waals surface area contributed by atoms with Crippen LogP contribution in [0.25, 0.3) is 0 Å². The van der Waals surface area contributed by atoms with E-state index < -0.39 is 24.2 Å². The van der Waals surface area contributed by atoms with E-state index in [-0.39, 0.29) is 10.6 Å². The van der Waals surface area contributed by atoms with Crippen molar-refractivity contribution in [3.8, 4) is 5.75 Å². The number of nitrogens with one attached hydrogen (secondary N) is 2. The maximum absolute atomic E-state index is 12.3. The molecule has 2 N–H and O–H groups in total. The lowest BCUT2D eigenvalue weighted by molar-refractivity contribution is -0.0498. The molecule has 26 heavy (non-hydrogen) atoms. The largest absolute Gasteiger partial charge is 0.444 e. The molecular formula is C17H18F2N2O4S. The first-order chi connectivity index (χ1) is 12.1. The van der Waals surface area contributed by atoms with Gasteiger partial charge in [-0.05, 0) is 56.5 Å². The summed E-state index contributed by atoms with van der Waals surface area (Å²) in [5, 5.41) is 6.63. The molecule has 1 heterocycles. The number of hydrogen-bond donors (Lipinski definition) is 2. The normalized spacial score (nSPS) is 11.2. The van der Waals surface area contributed by atoms with Crippen LogP contribution in [-0.4, -0.2) is 24.2 Å². The highest BCUT2D eigenvalue weighted by atomic mass is 32.1. The van der Waals surface area contributed by atoms with E-state index in [1.807, 2.05) is 0 Å². The molecular weight excluding hydrogens is 366 g/mol. The van der Waals surface area contributed by atoms with Crippen LogP contribution >= 0.6 is 11.3 Å². The fourth-order valence-electron chi connectivity index (χ4n) is 1.90. The van der Waals surface area contributed by atoms with Crippen molar-refractivity contribution in [3.63, 3.8) is 0 Å². The van der Waals surface area contributed by atoms with Crippen LogP contribution < -0.4 is 15.4 Å². The highest BCUT2D eigenvalue weighted by Gasteiger charge is 2.18. The van der Waals surface area contributed by atoms with Gasteiger partial charge in [-0.1, -0.05) is 0 Å². The molecule has 0 aliphatic carbocycles. The monoisotopic (exact) mass is 384 g/mol. The van der Waals surface area contributed by atoms with E-state index in [2.05, 4.69) is 15.4 Å². The summed E-state index contributed by atoms with van der Waals surface area (Å²) in [5.41, 5.74) is 0.299. The van der Waals surface area contributed by atoms with Crippen LogP contribution in [0.3, 0.4) is 0 Å². The minimum atomic E-state index is -3.01. The van der Waals surface area contributed by atoms with Gasteiger partial charge in [0.2, 0.25) is 0 Å². The molecule has 140 valence electrons. The molecule has 0 aliphatic rings. The molecule has 2 aromatic rings. The Hall–Kier alpha value is -2.68. The van der Waals surface area contributed by atoms with E-state index in [9.17, 15) is 18.4 Å². The summed E-state index contributed by atoms with van der Waals surface area (Å²) in [4.78, 5) is 23.9. The van der Waals surface area contributed by atoms with Gasteiger partial charge in [0.25, 0.3) is 5.91 Å². The number of hydrogen-bond acceptors (Lipinski definition) is 5. The second-order valence-electron chi connectivity index (χ2n) is 6.15. The van der Waals surface area contributed by atoms with E-state index >= 15 is 0 Å². The van der Waals surface area contributed by atoms with E-state index in [0.29, 0.717) is 11.4 Å². The summed E-state index contributed by atoms with van der Waals surface area (Å²) < 4.78 is 34.1. The molecule has 2 rings (SSSR count). The first-order valence-electron chi connectivity index (χ1n) is 7.58. The Bertz CT molecular complexity index is 770. The number of carbonyl (C=O) groups excluding carboxylic acids is 2. The molecule has 0 atom stereocenters. The molecule has 2 amide bonds. The minimum Gasteiger partial charge on any atom is -0.444 e. The van der Waals surface area contributed by atoms with E-state index in [1.54, 1.807) is 45.0 Å². The zero-order valence-corrected chi connectivity index (χ0v) is 15.2. The van der Waals surface area contributed by atoms with Gasteiger partial charge in [-0.3, -0.25) is 10.1 Å². The molecule has 0 saturated heterocycles. The number of alkyl halides is 2.